The fourth-order valence-electron chi connectivity index (χ4n) is 3.51. The minimum absolute atomic E-state index is 0.0449. The molecule has 0 atom stereocenters. The van der Waals surface area contributed by atoms with Gasteiger partial charge in [0.2, 0.25) is 5.91 Å². The van der Waals surface area contributed by atoms with Gasteiger partial charge in [-0.1, -0.05) is 27.2 Å². The zero-order chi connectivity index (χ0) is 24.8. The number of anilines is 3. The normalized spacial score (nSPS) is 11.1. The second kappa shape index (κ2) is 11.1. The zero-order valence-corrected chi connectivity index (χ0v) is 20.2. The summed E-state index contributed by atoms with van der Waals surface area (Å²) in [4.78, 5) is 46.1. The molecule has 1 amide bonds. The van der Waals surface area contributed by atoms with Crippen molar-refractivity contribution in [1.82, 2.24) is 14.5 Å². The topological polar surface area (TPSA) is 126 Å². The van der Waals surface area contributed by atoms with Crippen molar-refractivity contribution in [1.29, 1.82) is 0 Å². The molecule has 0 saturated heterocycles. The van der Waals surface area contributed by atoms with E-state index in [1.165, 1.54) is 28.0 Å². The van der Waals surface area contributed by atoms with Crippen LogP contribution in [0.25, 0.3) is 11.3 Å². The van der Waals surface area contributed by atoms with E-state index in [9.17, 15) is 18.8 Å². The number of aromatic amines is 1. The summed E-state index contributed by atoms with van der Waals surface area (Å²) in [7, 11) is 0. The number of H-pyrrole nitrogens is 1. The molecular formula is C23H29FN6O3S. The number of nitrogens with zero attached hydrogens (tertiary/aromatic N) is 3. The minimum Gasteiger partial charge on any atom is -0.383 e. The van der Waals surface area contributed by atoms with Crippen molar-refractivity contribution < 1.29 is 9.18 Å². The molecule has 4 N–H and O–H groups in total. The fraction of sp³-hybridized carbons (Fsp3) is 0.391. The summed E-state index contributed by atoms with van der Waals surface area (Å²) in [6.07, 6.45) is 1.58. The van der Waals surface area contributed by atoms with Gasteiger partial charge in [-0.15, -0.1) is 11.3 Å². The number of carbonyl (C=O) groups excluding carboxylic acids is 1. The van der Waals surface area contributed by atoms with Crippen molar-refractivity contribution in [2.45, 2.75) is 40.2 Å². The van der Waals surface area contributed by atoms with E-state index >= 15 is 0 Å². The molecule has 0 fully saturated rings. The van der Waals surface area contributed by atoms with Gasteiger partial charge in [0.1, 0.15) is 17.3 Å². The monoisotopic (exact) mass is 488 g/mol. The second-order valence-corrected chi connectivity index (χ2v) is 9.22. The summed E-state index contributed by atoms with van der Waals surface area (Å²) in [5, 5.41) is 4.89. The molecule has 0 saturated carbocycles. The number of hydrogen-bond acceptors (Lipinski definition) is 7. The lowest BCUT2D eigenvalue weighted by Gasteiger charge is -2.27. The van der Waals surface area contributed by atoms with Gasteiger partial charge in [-0.3, -0.25) is 19.1 Å². The Balaban J connectivity index is 1.82. The molecule has 182 valence electrons. The van der Waals surface area contributed by atoms with Crippen LogP contribution in [0.1, 0.15) is 33.6 Å². The Kier molecular flexibility index (Phi) is 8.21. The molecule has 11 heteroatoms. The highest BCUT2D eigenvalue weighted by atomic mass is 32.1. The molecule has 0 bridgehead atoms. The van der Waals surface area contributed by atoms with Crippen LogP contribution >= 0.6 is 11.3 Å². The number of nitrogens with one attached hydrogen (secondary N) is 2. The summed E-state index contributed by atoms with van der Waals surface area (Å²) in [5.41, 5.74) is 6.49. The molecule has 0 aliphatic heterocycles. The van der Waals surface area contributed by atoms with E-state index in [-0.39, 0.29) is 35.7 Å². The van der Waals surface area contributed by atoms with Crippen LogP contribution in [0.3, 0.4) is 0 Å². The highest BCUT2D eigenvalue weighted by Gasteiger charge is 2.22. The fourth-order valence-corrected chi connectivity index (χ4v) is 4.25. The first kappa shape index (κ1) is 25.2. The molecule has 1 aromatic carbocycles. The Morgan fingerprint density at radius 1 is 1.29 bits per heavy atom. The van der Waals surface area contributed by atoms with Crippen molar-refractivity contribution in [3.05, 3.63) is 56.3 Å². The predicted octanol–water partition coefficient (Wildman–Crippen LogP) is 3.28. The Hall–Kier alpha value is -3.47. The molecule has 34 heavy (non-hydrogen) atoms. The summed E-state index contributed by atoms with van der Waals surface area (Å²) in [6, 6.07) is 5.92. The molecule has 3 rings (SSSR count). The van der Waals surface area contributed by atoms with Gasteiger partial charge < -0.3 is 16.0 Å². The minimum atomic E-state index is -0.628. The van der Waals surface area contributed by atoms with Crippen molar-refractivity contribution in [2.24, 2.45) is 5.92 Å². The maximum Gasteiger partial charge on any atom is 0.330 e. The van der Waals surface area contributed by atoms with E-state index in [0.717, 1.165) is 18.4 Å². The highest BCUT2D eigenvalue weighted by Crippen LogP contribution is 2.25. The van der Waals surface area contributed by atoms with Crippen LogP contribution in [0.4, 0.5) is 21.0 Å². The maximum absolute atomic E-state index is 13.2. The summed E-state index contributed by atoms with van der Waals surface area (Å²) in [5.74, 6) is -0.560. The SMILES string of the molecule is CCCCn1c(N)c(N(CC(=O)Nc2nc(-c3ccc(F)cc3)cs2)CC(C)C)c(=O)[nH]c1=O. The standard InChI is InChI=1S/C23H29FN6O3S/c1-4-5-10-30-20(25)19(21(32)28-23(30)33)29(11-14(2)3)12-18(31)27-22-26-17(13-34-22)15-6-8-16(24)9-7-15/h6-9,13-14H,4-5,10-12,25H2,1-3H3,(H,26,27,31)(H,28,32,33). The number of benzene rings is 1. The number of carbonyl (C=O) groups is 1. The van der Waals surface area contributed by atoms with Crippen LogP contribution in [0, 0.1) is 11.7 Å². The van der Waals surface area contributed by atoms with E-state index < -0.39 is 11.2 Å². The third-order valence-corrected chi connectivity index (χ3v) is 5.83. The first-order chi connectivity index (χ1) is 16.2. The average molecular weight is 489 g/mol. The number of unbranched alkanes of at least 4 members (excludes halogenated alkanes) is 1. The number of halogens is 1. The Morgan fingerprint density at radius 2 is 2.00 bits per heavy atom. The maximum atomic E-state index is 13.2. The lowest BCUT2D eigenvalue weighted by molar-refractivity contribution is -0.115. The first-order valence-corrected chi connectivity index (χ1v) is 12.0. The number of aromatic nitrogens is 3. The highest BCUT2D eigenvalue weighted by molar-refractivity contribution is 7.14. The van der Waals surface area contributed by atoms with Crippen molar-refractivity contribution in [3.8, 4) is 11.3 Å². The van der Waals surface area contributed by atoms with Gasteiger partial charge in [-0.05, 0) is 36.6 Å². The molecule has 0 radical (unpaired) electrons. The van der Waals surface area contributed by atoms with Crippen molar-refractivity contribution in [2.75, 3.05) is 29.0 Å². The predicted molar refractivity (Wildman–Crippen MR) is 134 cm³/mol. The summed E-state index contributed by atoms with van der Waals surface area (Å²) in [6.45, 7) is 6.51. The van der Waals surface area contributed by atoms with Gasteiger partial charge in [-0.2, -0.15) is 0 Å². The van der Waals surface area contributed by atoms with Gasteiger partial charge in [0.15, 0.2) is 5.13 Å². The number of hydrogen-bond donors (Lipinski definition) is 3. The number of thiazole rings is 1. The molecule has 0 aliphatic carbocycles. The third kappa shape index (κ3) is 6.10. The second-order valence-electron chi connectivity index (χ2n) is 8.37. The van der Waals surface area contributed by atoms with Gasteiger partial charge in [-0.25, -0.2) is 14.2 Å². The average Bonchev–Trinajstić information content (AvgIpc) is 3.21. The van der Waals surface area contributed by atoms with Crippen LogP contribution in [0.2, 0.25) is 0 Å². The number of amides is 1. The van der Waals surface area contributed by atoms with Gasteiger partial charge in [0.05, 0.1) is 12.2 Å². The van der Waals surface area contributed by atoms with Crippen LogP contribution in [0.15, 0.2) is 39.2 Å². The van der Waals surface area contributed by atoms with E-state index in [1.54, 1.807) is 22.4 Å². The smallest absolute Gasteiger partial charge is 0.330 e. The van der Waals surface area contributed by atoms with E-state index in [1.807, 2.05) is 20.8 Å². The molecule has 3 aromatic rings. The van der Waals surface area contributed by atoms with Crippen LogP contribution in [0.5, 0.6) is 0 Å². The number of nitrogen functional groups attached to an aromatic ring is 1. The third-order valence-electron chi connectivity index (χ3n) is 5.08. The van der Waals surface area contributed by atoms with Crippen LogP contribution < -0.4 is 27.2 Å². The molecule has 2 aromatic heterocycles. The molecular weight excluding hydrogens is 459 g/mol. The van der Waals surface area contributed by atoms with Gasteiger partial charge >= 0.3 is 5.69 Å². The van der Waals surface area contributed by atoms with Crippen LogP contribution in [-0.2, 0) is 11.3 Å². The Labute approximate surface area is 200 Å². The van der Waals surface area contributed by atoms with Crippen molar-refractivity contribution >= 4 is 33.9 Å². The van der Waals surface area contributed by atoms with E-state index in [0.29, 0.717) is 23.9 Å². The largest absolute Gasteiger partial charge is 0.383 e. The zero-order valence-electron chi connectivity index (χ0n) is 19.4. The van der Waals surface area contributed by atoms with Gasteiger partial charge in [0.25, 0.3) is 5.56 Å². The summed E-state index contributed by atoms with van der Waals surface area (Å²) >= 11 is 1.24. The number of nitrogens with two attached hydrogens (primary N) is 1. The summed E-state index contributed by atoms with van der Waals surface area (Å²) < 4.78 is 14.5. The first-order valence-electron chi connectivity index (χ1n) is 11.1. The Bertz CT molecular complexity index is 1250. The Morgan fingerprint density at radius 3 is 2.65 bits per heavy atom. The number of rotatable bonds is 10. The quantitative estimate of drug-likeness (QED) is 0.402. The van der Waals surface area contributed by atoms with Gasteiger partial charge in [0, 0.05) is 24.0 Å². The molecule has 0 unspecified atom stereocenters. The molecule has 0 aliphatic rings. The molecule has 0 spiro atoms. The lowest BCUT2D eigenvalue weighted by atomic mass is 10.2. The van der Waals surface area contributed by atoms with E-state index in [2.05, 4.69) is 15.3 Å². The lowest BCUT2D eigenvalue weighted by Crippen LogP contribution is -2.43. The van der Waals surface area contributed by atoms with Crippen LogP contribution in [-0.4, -0.2) is 33.5 Å². The molecule has 9 nitrogen and oxygen atoms in total. The van der Waals surface area contributed by atoms with E-state index in [4.69, 9.17) is 5.73 Å². The van der Waals surface area contributed by atoms with Crippen molar-refractivity contribution in [3.63, 3.8) is 0 Å². The molecule has 2 heterocycles.